The molecule has 8 nitrogen and oxygen atoms in total. The normalized spacial score (nSPS) is 11.9. The Hall–Kier alpha value is -3.30. The first kappa shape index (κ1) is 17.5. The summed E-state index contributed by atoms with van der Waals surface area (Å²) in [4.78, 5) is 10.4. The molecule has 9 heteroatoms. The van der Waals surface area contributed by atoms with Gasteiger partial charge in [-0.2, -0.15) is 5.11 Å². The quantitative estimate of drug-likeness (QED) is 0.531. The summed E-state index contributed by atoms with van der Waals surface area (Å²) in [5.74, 6) is -1.24. The second-order valence-electron chi connectivity index (χ2n) is 5.32. The highest BCUT2D eigenvalue weighted by atomic mass is 32.2. The first-order valence-electron chi connectivity index (χ1n) is 7.22. The van der Waals surface area contributed by atoms with Crippen molar-refractivity contribution in [3.8, 4) is 5.75 Å². The van der Waals surface area contributed by atoms with Crippen molar-refractivity contribution in [1.29, 1.82) is 0 Å². The molecular formula is C17H11N2O6S-. The number of hydrogen-bond donors (Lipinski definition) is 2. The molecule has 0 unspecified atom stereocenters. The molecular weight excluding hydrogens is 360 g/mol. The fourth-order valence-corrected chi connectivity index (χ4v) is 2.83. The number of azo groups is 1. The number of rotatable bonds is 4. The summed E-state index contributed by atoms with van der Waals surface area (Å²) < 4.78 is 33.4. The molecule has 0 fully saturated rings. The molecule has 3 rings (SSSR count). The number of hydrogen-bond acceptors (Lipinski definition) is 7. The minimum absolute atomic E-state index is 0.0969. The SMILES string of the molecule is O=C(O)c1ccc(N=Nc2c(O)ccc3cc(S(=O)(=O)[O-])ccc23)cc1. The van der Waals surface area contributed by atoms with Crippen LogP contribution in [0.25, 0.3) is 10.8 Å². The molecule has 0 aromatic heterocycles. The Kier molecular flexibility index (Phi) is 4.41. The van der Waals surface area contributed by atoms with Crippen LogP contribution in [-0.2, 0) is 10.1 Å². The van der Waals surface area contributed by atoms with Crippen molar-refractivity contribution in [2.45, 2.75) is 4.90 Å². The molecule has 0 aliphatic heterocycles. The topological polar surface area (TPSA) is 139 Å². The molecule has 0 aliphatic rings. The highest BCUT2D eigenvalue weighted by Gasteiger charge is 2.10. The van der Waals surface area contributed by atoms with Crippen LogP contribution in [0.3, 0.4) is 0 Å². The minimum Gasteiger partial charge on any atom is -0.744 e. The maximum absolute atomic E-state index is 11.1. The third kappa shape index (κ3) is 3.53. The zero-order chi connectivity index (χ0) is 18.9. The molecule has 2 N–H and O–H groups in total. The van der Waals surface area contributed by atoms with Gasteiger partial charge in [0.25, 0.3) is 0 Å². The molecule has 0 saturated carbocycles. The van der Waals surface area contributed by atoms with Gasteiger partial charge in [0, 0.05) is 5.39 Å². The lowest BCUT2D eigenvalue weighted by Crippen LogP contribution is -1.97. The summed E-state index contributed by atoms with van der Waals surface area (Å²) in [6.45, 7) is 0. The lowest BCUT2D eigenvalue weighted by atomic mass is 10.1. The Labute approximate surface area is 147 Å². The summed E-state index contributed by atoms with van der Waals surface area (Å²) in [6, 6.07) is 12.1. The second kappa shape index (κ2) is 6.54. The van der Waals surface area contributed by atoms with Crippen LogP contribution < -0.4 is 0 Å². The zero-order valence-electron chi connectivity index (χ0n) is 13.0. The van der Waals surface area contributed by atoms with E-state index in [4.69, 9.17) is 5.11 Å². The van der Waals surface area contributed by atoms with Crippen LogP contribution in [-0.4, -0.2) is 29.2 Å². The van der Waals surface area contributed by atoms with Crippen molar-refractivity contribution < 1.29 is 28.0 Å². The maximum atomic E-state index is 11.1. The summed E-state index contributed by atoms with van der Waals surface area (Å²) >= 11 is 0. The molecule has 0 heterocycles. The molecule has 132 valence electrons. The Bertz CT molecular complexity index is 1140. The number of carboxylic acid groups (broad SMARTS) is 1. The number of aromatic hydroxyl groups is 1. The van der Waals surface area contributed by atoms with Crippen LogP contribution in [0.2, 0.25) is 0 Å². The fourth-order valence-electron chi connectivity index (χ4n) is 2.32. The van der Waals surface area contributed by atoms with E-state index in [9.17, 15) is 22.9 Å². The molecule has 0 saturated heterocycles. The summed E-state index contributed by atoms with van der Waals surface area (Å²) in [7, 11) is -4.60. The van der Waals surface area contributed by atoms with Gasteiger partial charge in [0.2, 0.25) is 0 Å². The second-order valence-corrected chi connectivity index (χ2v) is 6.70. The average Bonchev–Trinajstić information content (AvgIpc) is 2.60. The molecule has 3 aromatic rings. The molecule has 0 aliphatic carbocycles. The molecule has 0 radical (unpaired) electrons. The predicted octanol–water partition coefficient (Wildman–Crippen LogP) is 3.56. The smallest absolute Gasteiger partial charge is 0.335 e. The van der Waals surface area contributed by atoms with Crippen molar-refractivity contribution in [1.82, 2.24) is 0 Å². The van der Waals surface area contributed by atoms with Gasteiger partial charge in [0.15, 0.2) is 0 Å². The number of carbonyl (C=O) groups is 1. The van der Waals surface area contributed by atoms with Gasteiger partial charge < -0.3 is 14.8 Å². The molecule has 0 atom stereocenters. The van der Waals surface area contributed by atoms with E-state index < -0.39 is 16.1 Å². The van der Waals surface area contributed by atoms with Crippen molar-refractivity contribution in [2.24, 2.45) is 10.2 Å². The first-order valence-corrected chi connectivity index (χ1v) is 8.63. The Morgan fingerprint density at radius 2 is 1.65 bits per heavy atom. The number of carboxylic acids is 1. The minimum atomic E-state index is -4.60. The lowest BCUT2D eigenvalue weighted by molar-refractivity contribution is 0.0697. The Balaban J connectivity index is 2.03. The first-order chi connectivity index (χ1) is 12.3. The van der Waals surface area contributed by atoms with Gasteiger partial charge in [-0.05, 0) is 47.9 Å². The van der Waals surface area contributed by atoms with E-state index in [1.54, 1.807) is 0 Å². The number of phenols is 1. The summed E-state index contributed by atoms with van der Waals surface area (Å²) in [6.07, 6.45) is 0. The largest absolute Gasteiger partial charge is 0.744 e. The van der Waals surface area contributed by atoms with Gasteiger partial charge in [-0.25, -0.2) is 13.2 Å². The van der Waals surface area contributed by atoms with E-state index in [-0.39, 0.29) is 21.9 Å². The lowest BCUT2D eigenvalue weighted by Gasteiger charge is -2.09. The van der Waals surface area contributed by atoms with E-state index in [1.807, 2.05) is 0 Å². The number of phenolic OH excluding ortho intramolecular Hbond substituents is 1. The van der Waals surface area contributed by atoms with E-state index in [1.165, 1.54) is 48.5 Å². The highest BCUT2D eigenvalue weighted by molar-refractivity contribution is 7.85. The van der Waals surface area contributed by atoms with Crippen molar-refractivity contribution in [3.63, 3.8) is 0 Å². The van der Waals surface area contributed by atoms with Gasteiger partial charge in [-0.15, -0.1) is 5.11 Å². The van der Waals surface area contributed by atoms with Crippen molar-refractivity contribution in [2.75, 3.05) is 0 Å². The van der Waals surface area contributed by atoms with Crippen LogP contribution in [0.15, 0.2) is 69.7 Å². The van der Waals surface area contributed by atoms with E-state index in [0.29, 0.717) is 16.5 Å². The van der Waals surface area contributed by atoms with Crippen LogP contribution >= 0.6 is 0 Å². The van der Waals surface area contributed by atoms with E-state index in [2.05, 4.69) is 10.2 Å². The van der Waals surface area contributed by atoms with Gasteiger partial charge in [0.1, 0.15) is 21.6 Å². The fraction of sp³-hybridized carbons (Fsp3) is 0. The van der Waals surface area contributed by atoms with Crippen LogP contribution in [0.5, 0.6) is 5.75 Å². The van der Waals surface area contributed by atoms with Crippen LogP contribution in [0.1, 0.15) is 10.4 Å². The Morgan fingerprint density at radius 3 is 2.27 bits per heavy atom. The number of aromatic carboxylic acids is 1. The number of nitrogens with zero attached hydrogens (tertiary/aromatic N) is 2. The van der Waals surface area contributed by atoms with Gasteiger partial charge in [-0.3, -0.25) is 0 Å². The van der Waals surface area contributed by atoms with Crippen molar-refractivity contribution >= 4 is 38.2 Å². The maximum Gasteiger partial charge on any atom is 0.335 e. The third-order valence-corrected chi connectivity index (χ3v) is 4.44. The van der Waals surface area contributed by atoms with Gasteiger partial charge in [-0.1, -0.05) is 12.1 Å². The van der Waals surface area contributed by atoms with Gasteiger partial charge in [0.05, 0.1) is 16.1 Å². The van der Waals surface area contributed by atoms with E-state index >= 15 is 0 Å². The summed E-state index contributed by atoms with van der Waals surface area (Å²) in [5, 5.41) is 27.6. The molecule has 0 bridgehead atoms. The number of fused-ring (bicyclic) bond motifs is 1. The monoisotopic (exact) mass is 371 g/mol. The average molecular weight is 371 g/mol. The van der Waals surface area contributed by atoms with Crippen LogP contribution in [0.4, 0.5) is 11.4 Å². The van der Waals surface area contributed by atoms with Crippen LogP contribution in [0, 0.1) is 0 Å². The van der Waals surface area contributed by atoms with E-state index in [0.717, 1.165) is 6.07 Å². The molecule has 0 spiro atoms. The predicted molar refractivity (Wildman–Crippen MR) is 91.2 cm³/mol. The summed E-state index contributed by atoms with van der Waals surface area (Å²) in [5.41, 5.74) is 0.563. The van der Waals surface area contributed by atoms with Gasteiger partial charge >= 0.3 is 5.97 Å². The highest BCUT2D eigenvalue weighted by Crippen LogP contribution is 2.37. The Morgan fingerprint density at radius 1 is 0.962 bits per heavy atom. The third-order valence-electron chi connectivity index (χ3n) is 3.61. The zero-order valence-corrected chi connectivity index (χ0v) is 13.8. The number of benzene rings is 3. The standard InChI is InChI=1S/C17H12N2O6S/c20-15-8-3-11-9-13(26(23,24)25)6-7-14(11)16(15)19-18-12-4-1-10(2-5-12)17(21)22/h1-9,20H,(H,21,22)(H,23,24,25)/p-1. The molecule has 3 aromatic carbocycles. The molecule has 0 amide bonds. The van der Waals surface area contributed by atoms with Crippen molar-refractivity contribution in [3.05, 3.63) is 60.2 Å². The molecule has 26 heavy (non-hydrogen) atoms.